The fourth-order valence-corrected chi connectivity index (χ4v) is 2.40. The Morgan fingerprint density at radius 2 is 1.59 bits per heavy atom. The number of hydrogen-bond donors (Lipinski definition) is 3. The average Bonchev–Trinajstić information content (AvgIpc) is 2.67. The molecule has 0 bridgehead atoms. The Bertz CT molecular complexity index is 845. The standard InChI is InChI=1S/C22H26N2O5/c1-14(2)13-29-19-10-4-16(5-11-19)12-20(25)24-18-8-6-17(7-9-18)21(26)23-15(3)22(27)28/h4-11,14-15H,12-13H2,1-3H3,(H,23,26)(H,24,25)(H,27,28). The summed E-state index contributed by atoms with van der Waals surface area (Å²) in [4.78, 5) is 35.0. The summed E-state index contributed by atoms with van der Waals surface area (Å²) in [7, 11) is 0. The van der Waals surface area contributed by atoms with E-state index in [9.17, 15) is 14.4 Å². The molecule has 0 aliphatic rings. The van der Waals surface area contributed by atoms with Gasteiger partial charge in [-0.3, -0.25) is 14.4 Å². The maximum atomic E-state index is 12.2. The molecule has 0 spiro atoms. The van der Waals surface area contributed by atoms with Gasteiger partial charge < -0.3 is 20.5 Å². The Labute approximate surface area is 170 Å². The van der Waals surface area contributed by atoms with E-state index in [0.717, 1.165) is 11.3 Å². The lowest BCUT2D eigenvalue weighted by atomic mass is 10.1. The van der Waals surface area contributed by atoms with Crippen LogP contribution in [0.15, 0.2) is 48.5 Å². The van der Waals surface area contributed by atoms with Crippen LogP contribution in [0.3, 0.4) is 0 Å². The van der Waals surface area contributed by atoms with Gasteiger partial charge in [-0.05, 0) is 54.8 Å². The maximum Gasteiger partial charge on any atom is 0.325 e. The quantitative estimate of drug-likeness (QED) is 0.602. The van der Waals surface area contributed by atoms with Crippen LogP contribution in [-0.4, -0.2) is 35.5 Å². The number of benzene rings is 2. The van der Waals surface area contributed by atoms with Crippen molar-refractivity contribution in [1.82, 2.24) is 5.32 Å². The van der Waals surface area contributed by atoms with E-state index in [1.807, 2.05) is 24.3 Å². The van der Waals surface area contributed by atoms with Gasteiger partial charge in [-0.15, -0.1) is 0 Å². The van der Waals surface area contributed by atoms with Crippen molar-refractivity contribution in [2.75, 3.05) is 11.9 Å². The number of anilines is 1. The van der Waals surface area contributed by atoms with Crippen LogP contribution in [0.2, 0.25) is 0 Å². The molecule has 0 aromatic heterocycles. The van der Waals surface area contributed by atoms with Crippen LogP contribution < -0.4 is 15.4 Å². The lowest BCUT2D eigenvalue weighted by molar-refractivity contribution is -0.138. The first-order chi connectivity index (χ1) is 13.7. The molecule has 2 aromatic carbocycles. The molecule has 1 unspecified atom stereocenters. The highest BCUT2D eigenvalue weighted by Gasteiger charge is 2.15. The van der Waals surface area contributed by atoms with Crippen LogP contribution in [0.4, 0.5) is 5.69 Å². The molecule has 2 rings (SSSR count). The largest absolute Gasteiger partial charge is 0.493 e. The first-order valence-electron chi connectivity index (χ1n) is 9.40. The first-order valence-corrected chi connectivity index (χ1v) is 9.40. The summed E-state index contributed by atoms with van der Waals surface area (Å²) in [5, 5.41) is 14.0. The van der Waals surface area contributed by atoms with Gasteiger partial charge in [0.1, 0.15) is 11.8 Å². The highest BCUT2D eigenvalue weighted by Crippen LogP contribution is 2.15. The molecule has 1 atom stereocenters. The molecule has 0 saturated carbocycles. The zero-order valence-corrected chi connectivity index (χ0v) is 16.8. The number of carboxylic acids is 1. The minimum Gasteiger partial charge on any atom is -0.493 e. The summed E-state index contributed by atoms with van der Waals surface area (Å²) >= 11 is 0. The van der Waals surface area contributed by atoms with Crippen LogP contribution in [0.25, 0.3) is 0 Å². The number of nitrogens with one attached hydrogen (secondary N) is 2. The third-order valence-electron chi connectivity index (χ3n) is 4.02. The zero-order valence-electron chi connectivity index (χ0n) is 16.8. The number of rotatable bonds is 9. The van der Waals surface area contributed by atoms with Crippen LogP contribution in [-0.2, 0) is 16.0 Å². The highest BCUT2D eigenvalue weighted by atomic mass is 16.5. The van der Waals surface area contributed by atoms with Crippen molar-refractivity contribution in [2.24, 2.45) is 5.92 Å². The highest BCUT2D eigenvalue weighted by molar-refractivity contribution is 5.97. The van der Waals surface area contributed by atoms with E-state index < -0.39 is 17.9 Å². The van der Waals surface area contributed by atoms with E-state index in [4.69, 9.17) is 9.84 Å². The fraction of sp³-hybridized carbons (Fsp3) is 0.318. The molecule has 0 heterocycles. The summed E-state index contributed by atoms with van der Waals surface area (Å²) in [5.41, 5.74) is 1.72. The Morgan fingerprint density at radius 1 is 0.966 bits per heavy atom. The van der Waals surface area contributed by atoms with Crippen molar-refractivity contribution in [3.05, 3.63) is 59.7 Å². The Morgan fingerprint density at radius 3 is 2.14 bits per heavy atom. The number of carbonyl (C=O) groups excluding carboxylic acids is 2. The average molecular weight is 398 g/mol. The molecule has 0 fully saturated rings. The van der Waals surface area contributed by atoms with Crippen molar-refractivity contribution in [3.63, 3.8) is 0 Å². The normalized spacial score (nSPS) is 11.6. The van der Waals surface area contributed by atoms with Crippen LogP contribution in [0.1, 0.15) is 36.7 Å². The second-order valence-electron chi connectivity index (χ2n) is 7.18. The maximum absolute atomic E-state index is 12.2. The van der Waals surface area contributed by atoms with Crippen molar-refractivity contribution in [3.8, 4) is 5.75 Å². The number of ether oxygens (including phenoxy) is 1. The molecule has 2 aromatic rings. The van der Waals surface area contributed by atoms with Gasteiger partial charge in [-0.2, -0.15) is 0 Å². The second-order valence-corrected chi connectivity index (χ2v) is 7.18. The Hall–Kier alpha value is -3.35. The number of amides is 2. The summed E-state index contributed by atoms with van der Waals surface area (Å²) in [5.74, 6) is -0.565. The van der Waals surface area contributed by atoms with E-state index in [1.54, 1.807) is 12.1 Å². The SMILES string of the molecule is CC(C)COc1ccc(CC(=O)Nc2ccc(C(=O)NC(C)C(=O)O)cc2)cc1. The number of hydrogen-bond acceptors (Lipinski definition) is 4. The first kappa shape index (κ1) is 21.9. The molecule has 7 nitrogen and oxygen atoms in total. The minimum atomic E-state index is -1.11. The van der Waals surface area contributed by atoms with Crippen molar-refractivity contribution in [2.45, 2.75) is 33.2 Å². The molecule has 0 aliphatic heterocycles. The molecule has 0 saturated heterocycles. The fourth-order valence-electron chi connectivity index (χ4n) is 2.40. The van der Waals surface area contributed by atoms with E-state index >= 15 is 0 Å². The second kappa shape index (κ2) is 10.3. The van der Waals surface area contributed by atoms with Gasteiger partial charge in [-0.1, -0.05) is 26.0 Å². The third-order valence-corrected chi connectivity index (χ3v) is 4.02. The Kier molecular flexibility index (Phi) is 7.77. The van der Waals surface area contributed by atoms with Crippen LogP contribution in [0, 0.1) is 5.92 Å². The molecule has 0 aliphatic carbocycles. The molecule has 154 valence electrons. The number of aliphatic carboxylic acids is 1. The van der Waals surface area contributed by atoms with Crippen molar-refractivity contribution < 1.29 is 24.2 Å². The topological polar surface area (TPSA) is 105 Å². The van der Waals surface area contributed by atoms with E-state index in [2.05, 4.69) is 24.5 Å². The lowest BCUT2D eigenvalue weighted by Gasteiger charge is -2.11. The molecular formula is C22H26N2O5. The summed E-state index contributed by atoms with van der Waals surface area (Å²) < 4.78 is 5.62. The summed E-state index contributed by atoms with van der Waals surface area (Å²) in [6, 6.07) is 12.7. The lowest BCUT2D eigenvalue weighted by Crippen LogP contribution is -2.38. The van der Waals surface area contributed by atoms with Crippen LogP contribution in [0.5, 0.6) is 5.75 Å². The van der Waals surface area contributed by atoms with Gasteiger partial charge in [-0.25, -0.2) is 0 Å². The third kappa shape index (κ3) is 7.29. The van der Waals surface area contributed by atoms with Gasteiger partial charge >= 0.3 is 5.97 Å². The molecule has 2 amide bonds. The molecule has 3 N–H and O–H groups in total. The van der Waals surface area contributed by atoms with Gasteiger partial charge in [0.25, 0.3) is 5.91 Å². The van der Waals surface area contributed by atoms with Crippen molar-refractivity contribution >= 4 is 23.5 Å². The van der Waals surface area contributed by atoms with Gasteiger partial charge in [0.15, 0.2) is 0 Å². The minimum absolute atomic E-state index is 0.183. The number of carbonyl (C=O) groups is 3. The Balaban J connectivity index is 1.87. The van der Waals surface area contributed by atoms with Crippen molar-refractivity contribution in [1.29, 1.82) is 0 Å². The monoisotopic (exact) mass is 398 g/mol. The van der Waals surface area contributed by atoms with E-state index in [1.165, 1.54) is 19.1 Å². The van der Waals surface area contributed by atoms with Gasteiger partial charge in [0, 0.05) is 11.3 Å². The molecule has 29 heavy (non-hydrogen) atoms. The number of carboxylic acid groups (broad SMARTS) is 1. The van der Waals surface area contributed by atoms with Gasteiger partial charge in [0.2, 0.25) is 5.91 Å². The van der Waals surface area contributed by atoms with Crippen LogP contribution >= 0.6 is 0 Å². The molecular weight excluding hydrogens is 372 g/mol. The predicted octanol–water partition coefficient (Wildman–Crippen LogP) is 3.11. The molecule has 7 heteroatoms. The summed E-state index contributed by atoms with van der Waals surface area (Å²) in [6.07, 6.45) is 0.211. The zero-order chi connectivity index (χ0) is 21.4. The predicted molar refractivity (Wildman–Crippen MR) is 110 cm³/mol. The van der Waals surface area contributed by atoms with E-state index in [-0.39, 0.29) is 12.3 Å². The smallest absolute Gasteiger partial charge is 0.325 e. The summed E-state index contributed by atoms with van der Waals surface area (Å²) in [6.45, 7) is 6.18. The van der Waals surface area contributed by atoms with Gasteiger partial charge in [0.05, 0.1) is 13.0 Å². The molecule has 0 radical (unpaired) electrons. The van der Waals surface area contributed by atoms with E-state index in [0.29, 0.717) is 23.8 Å².